The Morgan fingerprint density at radius 1 is 1.43 bits per heavy atom. The third-order valence-corrected chi connectivity index (χ3v) is 3.78. The van der Waals surface area contributed by atoms with E-state index in [4.69, 9.17) is 21.1 Å². The van der Waals surface area contributed by atoms with Gasteiger partial charge >= 0.3 is 0 Å². The normalized spacial score (nSPS) is 14.2. The lowest BCUT2D eigenvalue weighted by Gasteiger charge is -2.27. The molecule has 0 atom stereocenters. The van der Waals surface area contributed by atoms with Crippen LogP contribution in [-0.2, 0) is 0 Å². The maximum atomic E-state index is 12.7. The van der Waals surface area contributed by atoms with Gasteiger partial charge in [-0.05, 0) is 45.7 Å². The number of benzene rings is 1. The van der Waals surface area contributed by atoms with Crippen LogP contribution in [0.1, 0.15) is 44.0 Å². The van der Waals surface area contributed by atoms with E-state index in [1.54, 1.807) is 19.2 Å². The van der Waals surface area contributed by atoms with Crippen molar-refractivity contribution in [3.05, 3.63) is 22.7 Å². The minimum Gasteiger partial charge on any atom is -0.493 e. The third kappa shape index (κ3) is 3.43. The number of nitrogens with zero attached hydrogens (tertiary/aromatic N) is 1. The van der Waals surface area contributed by atoms with E-state index in [1.807, 2.05) is 25.7 Å². The lowest BCUT2D eigenvalue weighted by Crippen LogP contribution is -2.38. The summed E-state index contributed by atoms with van der Waals surface area (Å²) in [6.45, 7) is 6.43. The first-order valence-electron chi connectivity index (χ1n) is 7.32. The summed E-state index contributed by atoms with van der Waals surface area (Å²) in [5.74, 6) is 0.976. The first-order chi connectivity index (χ1) is 9.99. The van der Waals surface area contributed by atoms with Crippen molar-refractivity contribution in [1.82, 2.24) is 4.90 Å². The Morgan fingerprint density at radius 2 is 2.10 bits per heavy atom. The highest BCUT2D eigenvalue weighted by molar-refractivity contribution is 6.32. The Hall–Kier alpha value is -1.42. The zero-order valence-electron chi connectivity index (χ0n) is 13.0. The maximum Gasteiger partial charge on any atom is 0.254 e. The Morgan fingerprint density at radius 3 is 2.57 bits per heavy atom. The van der Waals surface area contributed by atoms with Gasteiger partial charge in [-0.25, -0.2) is 0 Å². The molecule has 1 amide bonds. The van der Waals surface area contributed by atoms with Crippen LogP contribution in [0, 0.1) is 0 Å². The summed E-state index contributed by atoms with van der Waals surface area (Å²) in [6.07, 6.45) is 2.15. The van der Waals surface area contributed by atoms with Crippen LogP contribution < -0.4 is 9.47 Å². The molecule has 1 aromatic rings. The summed E-state index contributed by atoms with van der Waals surface area (Å²) < 4.78 is 10.8. The largest absolute Gasteiger partial charge is 0.493 e. The number of hydrogen-bond donors (Lipinski definition) is 0. The quantitative estimate of drug-likeness (QED) is 0.803. The van der Waals surface area contributed by atoms with E-state index in [1.165, 1.54) is 0 Å². The molecule has 0 heterocycles. The number of carbonyl (C=O) groups excluding carboxylic acids is 1. The monoisotopic (exact) mass is 311 g/mol. The van der Waals surface area contributed by atoms with Crippen LogP contribution >= 0.6 is 11.6 Å². The molecule has 5 heteroatoms. The highest BCUT2D eigenvalue weighted by Gasteiger charge is 2.35. The molecule has 1 aliphatic carbocycles. The molecule has 0 aliphatic heterocycles. The minimum atomic E-state index is -0.00394. The fourth-order valence-corrected chi connectivity index (χ4v) is 2.72. The number of hydrogen-bond acceptors (Lipinski definition) is 3. The van der Waals surface area contributed by atoms with E-state index in [0.29, 0.717) is 34.7 Å². The van der Waals surface area contributed by atoms with Crippen molar-refractivity contribution in [3.63, 3.8) is 0 Å². The van der Waals surface area contributed by atoms with Gasteiger partial charge in [0.15, 0.2) is 11.5 Å². The molecule has 0 radical (unpaired) electrons. The molecule has 1 aromatic carbocycles. The molecule has 1 saturated carbocycles. The van der Waals surface area contributed by atoms with Crippen LogP contribution in [0.3, 0.4) is 0 Å². The van der Waals surface area contributed by atoms with Gasteiger partial charge in [0, 0.05) is 17.6 Å². The fourth-order valence-electron chi connectivity index (χ4n) is 2.45. The Labute approximate surface area is 131 Å². The number of rotatable bonds is 6. The second-order valence-electron chi connectivity index (χ2n) is 5.46. The second-order valence-corrected chi connectivity index (χ2v) is 5.87. The van der Waals surface area contributed by atoms with Gasteiger partial charge in [0.1, 0.15) is 0 Å². The first-order valence-corrected chi connectivity index (χ1v) is 7.70. The summed E-state index contributed by atoms with van der Waals surface area (Å²) in [6, 6.07) is 3.89. The molecule has 1 fully saturated rings. The Balaban J connectivity index is 2.35. The predicted molar refractivity (Wildman–Crippen MR) is 83.5 cm³/mol. The van der Waals surface area contributed by atoms with Crippen molar-refractivity contribution in [2.24, 2.45) is 0 Å². The van der Waals surface area contributed by atoms with Crippen LogP contribution in [-0.4, -0.2) is 36.6 Å². The Kier molecular flexibility index (Phi) is 4.99. The van der Waals surface area contributed by atoms with Crippen molar-refractivity contribution in [1.29, 1.82) is 0 Å². The molecule has 116 valence electrons. The number of ether oxygens (including phenoxy) is 2. The zero-order chi connectivity index (χ0) is 15.6. The van der Waals surface area contributed by atoms with Gasteiger partial charge in [0.2, 0.25) is 0 Å². The molecule has 0 N–H and O–H groups in total. The number of amides is 1. The van der Waals surface area contributed by atoms with Gasteiger partial charge in [-0.15, -0.1) is 0 Å². The molecule has 0 bridgehead atoms. The van der Waals surface area contributed by atoms with E-state index < -0.39 is 0 Å². The summed E-state index contributed by atoms with van der Waals surface area (Å²) >= 11 is 6.24. The average molecular weight is 312 g/mol. The van der Waals surface area contributed by atoms with E-state index in [9.17, 15) is 4.79 Å². The lowest BCUT2D eigenvalue weighted by atomic mass is 10.1. The van der Waals surface area contributed by atoms with Crippen molar-refractivity contribution < 1.29 is 14.3 Å². The molecule has 0 saturated heterocycles. The lowest BCUT2D eigenvalue weighted by molar-refractivity contribution is 0.0690. The zero-order valence-corrected chi connectivity index (χ0v) is 13.7. The molecule has 0 aromatic heterocycles. The number of carbonyl (C=O) groups is 1. The molecule has 1 aliphatic rings. The summed E-state index contributed by atoms with van der Waals surface area (Å²) in [5, 5.41) is 0.402. The van der Waals surface area contributed by atoms with Crippen molar-refractivity contribution in [2.75, 3.05) is 13.7 Å². The third-order valence-electron chi connectivity index (χ3n) is 3.50. The number of methoxy groups -OCH3 is 1. The summed E-state index contributed by atoms with van der Waals surface area (Å²) in [7, 11) is 1.55. The van der Waals surface area contributed by atoms with E-state index in [-0.39, 0.29) is 11.9 Å². The fraction of sp³-hybridized carbons (Fsp3) is 0.562. The SMILES string of the molecule is CCOc1c(Cl)cc(C(=O)N(C(C)C)C2CC2)cc1OC. The van der Waals surface area contributed by atoms with Crippen molar-refractivity contribution in [2.45, 2.75) is 45.7 Å². The molecular weight excluding hydrogens is 290 g/mol. The van der Waals surface area contributed by atoms with Crippen LogP contribution in [0.15, 0.2) is 12.1 Å². The standard InChI is InChI=1S/C16H22ClNO3/c1-5-21-15-13(17)8-11(9-14(15)20-4)16(19)18(10(2)3)12-6-7-12/h8-10,12H,5-7H2,1-4H3. The second kappa shape index (κ2) is 6.56. The van der Waals surface area contributed by atoms with Crippen LogP contribution in [0.2, 0.25) is 5.02 Å². The average Bonchev–Trinajstić information content (AvgIpc) is 3.25. The van der Waals surface area contributed by atoms with Crippen LogP contribution in [0.5, 0.6) is 11.5 Å². The van der Waals surface area contributed by atoms with Crippen molar-refractivity contribution in [3.8, 4) is 11.5 Å². The molecule has 2 rings (SSSR count). The predicted octanol–water partition coefficient (Wildman–Crippen LogP) is 3.76. The van der Waals surface area contributed by atoms with Crippen LogP contribution in [0.25, 0.3) is 0 Å². The van der Waals surface area contributed by atoms with Crippen molar-refractivity contribution >= 4 is 17.5 Å². The van der Waals surface area contributed by atoms with Gasteiger partial charge in [-0.3, -0.25) is 4.79 Å². The van der Waals surface area contributed by atoms with E-state index >= 15 is 0 Å². The van der Waals surface area contributed by atoms with E-state index in [2.05, 4.69) is 0 Å². The Bertz CT molecular complexity index is 524. The summed E-state index contributed by atoms with van der Waals surface area (Å²) in [5.41, 5.74) is 0.543. The van der Waals surface area contributed by atoms with E-state index in [0.717, 1.165) is 12.8 Å². The topological polar surface area (TPSA) is 38.8 Å². The molecule has 0 spiro atoms. The molecular formula is C16H22ClNO3. The molecule has 4 nitrogen and oxygen atoms in total. The first kappa shape index (κ1) is 16.0. The molecule has 0 unspecified atom stereocenters. The summed E-state index contributed by atoms with van der Waals surface area (Å²) in [4.78, 5) is 14.7. The van der Waals surface area contributed by atoms with Gasteiger partial charge in [-0.2, -0.15) is 0 Å². The number of halogens is 1. The maximum absolute atomic E-state index is 12.7. The van der Waals surface area contributed by atoms with Gasteiger partial charge in [0.05, 0.1) is 18.7 Å². The van der Waals surface area contributed by atoms with Gasteiger partial charge < -0.3 is 14.4 Å². The van der Waals surface area contributed by atoms with Gasteiger partial charge in [-0.1, -0.05) is 11.6 Å². The smallest absolute Gasteiger partial charge is 0.254 e. The minimum absolute atomic E-state index is 0.00394. The highest BCUT2D eigenvalue weighted by Crippen LogP contribution is 2.38. The highest BCUT2D eigenvalue weighted by atomic mass is 35.5. The van der Waals surface area contributed by atoms with Crippen LogP contribution in [0.4, 0.5) is 0 Å². The van der Waals surface area contributed by atoms with Gasteiger partial charge in [0.25, 0.3) is 5.91 Å². The molecule has 21 heavy (non-hydrogen) atoms.